The Bertz CT molecular complexity index is 230. The van der Waals surface area contributed by atoms with Crippen molar-refractivity contribution in [2.75, 3.05) is 6.61 Å². The highest BCUT2D eigenvalue weighted by Crippen LogP contribution is 2.16. The lowest BCUT2D eigenvalue weighted by Gasteiger charge is -2.31. The van der Waals surface area contributed by atoms with Gasteiger partial charge in [-0.15, -0.1) is 0 Å². The molecule has 0 aliphatic rings. The summed E-state index contributed by atoms with van der Waals surface area (Å²) in [6.45, 7) is 12.5. The molecule has 0 amide bonds. The lowest BCUT2D eigenvalue weighted by Crippen LogP contribution is -2.50. The maximum atomic E-state index is 9.11. The van der Waals surface area contributed by atoms with Gasteiger partial charge in [0, 0.05) is 6.04 Å². The molecule has 0 spiro atoms. The summed E-state index contributed by atoms with van der Waals surface area (Å²) in [6, 6.07) is 2.55. The maximum Gasteiger partial charge on any atom is 0.127 e. The zero-order valence-electron chi connectivity index (χ0n) is 10.8. The lowest BCUT2D eigenvalue weighted by atomic mass is 10.0. The van der Waals surface area contributed by atoms with Gasteiger partial charge in [0.1, 0.15) is 5.54 Å². The van der Waals surface area contributed by atoms with Crippen LogP contribution < -0.4 is 5.32 Å². The van der Waals surface area contributed by atoms with Crippen LogP contribution in [0.4, 0.5) is 0 Å². The third-order valence-corrected chi connectivity index (χ3v) is 2.46. The van der Waals surface area contributed by atoms with Gasteiger partial charge in [-0.1, -0.05) is 6.92 Å². The van der Waals surface area contributed by atoms with Crippen LogP contribution in [-0.2, 0) is 4.74 Å². The van der Waals surface area contributed by atoms with E-state index in [-0.39, 0.29) is 11.6 Å². The molecular formula is C12H24N2O. The highest BCUT2D eigenvalue weighted by molar-refractivity contribution is 5.04. The number of rotatable bonds is 6. The van der Waals surface area contributed by atoms with Crippen molar-refractivity contribution >= 4 is 0 Å². The fourth-order valence-corrected chi connectivity index (χ4v) is 1.19. The van der Waals surface area contributed by atoms with E-state index in [2.05, 4.69) is 18.3 Å². The number of nitriles is 1. The van der Waals surface area contributed by atoms with Crippen molar-refractivity contribution < 1.29 is 4.74 Å². The second-order valence-corrected chi connectivity index (χ2v) is 5.14. The van der Waals surface area contributed by atoms with Gasteiger partial charge in [-0.25, -0.2) is 0 Å². The van der Waals surface area contributed by atoms with Crippen molar-refractivity contribution in [1.82, 2.24) is 5.32 Å². The lowest BCUT2D eigenvalue weighted by molar-refractivity contribution is -0.0394. The van der Waals surface area contributed by atoms with Crippen LogP contribution in [0.1, 0.15) is 48.0 Å². The highest BCUT2D eigenvalue weighted by atomic mass is 16.5. The Balaban J connectivity index is 4.29. The van der Waals surface area contributed by atoms with Crippen molar-refractivity contribution in [3.63, 3.8) is 0 Å². The fourth-order valence-electron chi connectivity index (χ4n) is 1.19. The van der Waals surface area contributed by atoms with Crippen molar-refractivity contribution in [3.8, 4) is 6.07 Å². The molecule has 88 valence electrons. The molecule has 0 aromatic rings. The van der Waals surface area contributed by atoms with Gasteiger partial charge in [0.15, 0.2) is 0 Å². The minimum absolute atomic E-state index is 0.156. The van der Waals surface area contributed by atoms with Crippen molar-refractivity contribution in [1.29, 1.82) is 5.26 Å². The Kier molecular flexibility index (Phi) is 5.27. The molecule has 0 bridgehead atoms. The molecule has 1 unspecified atom stereocenters. The van der Waals surface area contributed by atoms with Crippen LogP contribution in [0.3, 0.4) is 0 Å². The van der Waals surface area contributed by atoms with E-state index in [0.717, 1.165) is 6.42 Å². The quantitative estimate of drug-likeness (QED) is 0.735. The van der Waals surface area contributed by atoms with Crippen LogP contribution in [0.5, 0.6) is 0 Å². The van der Waals surface area contributed by atoms with Gasteiger partial charge in [0.05, 0.1) is 18.3 Å². The Morgan fingerprint density at radius 2 is 1.87 bits per heavy atom. The summed E-state index contributed by atoms with van der Waals surface area (Å²) in [7, 11) is 0. The monoisotopic (exact) mass is 212 g/mol. The van der Waals surface area contributed by atoms with E-state index in [1.807, 2.05) is 34.6 Å². The summed E-state index contributed by atoms with van der Waals surface area (Å²) in [4.78, 5) is 0. The summed E-state index contributed by atoms with van der Waals surface area (Å²) >= 11 is 0. The molecule has 1 N–H and O–H groups in total. The first-order valence-electron chi connectivity index (χ1n) is 5.57. The van der Waals surface area contributed by atoms with Gasteiger partial charge in [0.25, 0.3) is 0 Å². The summed E-state index contributed by atoms with van der Waals surface area (Å²) in [5.41, 5.74) is -0.753. The van der Waals surface area contributed by atoms with E-state index in [9.17, 15) is 0 Å². The molecule has 3 nitrogen and oxygen atoms in total. The maximum absolute atomic E-state index is 9.11. The smallest absolute Gasteiger partial charge is 0.127 e. The van der Waals surface area contributed by atoms with Crippen LogP contribution in [0, 0.1) is 11.3 Å². The molecule has 0 heterocycles. The molecule has 0 radical (unpaired) electrons. The molecule has 0 rings (SSSR count). The number of hydrogen-bond donors (Lipinski definition) is 1. The largest absolute Gasteiger partial charge is 0.373 e. The third-order valence-electron chi connectivity index (χ3n) is 2.46. The van der Waals surface area contributed by atoms with Crippen molar-refractivity contribution in [3.05, 3.63) is 0 Å². The number of nitrogens with zero attached hydrogens (tertiary/aromatic N) is 1. The van der Waals surface area contributed by atoms with Crippen LogP contribution >= 0.6 is 0 Å². The number of hydrogen-bond acceptors (Lipinski definition) is 3. The molecular weight excluding hydrogens is 188 g/mol. The van der Waals surface area contributed by atoms with E-state index in [1.165, 1.54) is 0 Å². The first kappa shape index (κ1) is 14.4. The summed E-state index contributed by atoms with van der Waals surface area (Å²) < 4.78 is 5.75. The van der Waals surface area contributed by atoms with Gasteiger partial charge in [-0.2, -0.15) is 5.26 Å². The minimum Gasteiger partial charge on any atom is -0.373 e. The van der Waals surface area contributed by atoms with Crippen LogP contribution in [0.2, 0.25) is 0 Å². The summed E-state index contributed by atoms with van der Waals surface area (Å²) in [5, 5.41) is 12.3. The Labute approximate surface area is 93.8 Å². The Hall–Kier alpha value is -0.590. The average molecular weight is 212 g/mol. The first-order valence-corrected chi connectivity index (χ1v) is 5.57. The predicted octanol–water partition coefficient (Wildman–Crippen LogP) is 2.47. The van der Waals surface area contributed by atoms with Crippen LogP contribution in [0.25, 0.3) is 0 Å². The molecule has 0 saturated heterocycles. The van der Waals surface area contributed by atoms with Gasteiger partial charge in [0.2, 0.25) is 0 Å². The molecule has 0 aliphatic heterocycles. The number of nitrogens with one attached hydrogen (secondary N) is 1. The van der Waals surface area contributed by atoms with Crippen molar-refractivity contribution in [2.24, 2.45) is 0 Å². The molecule has 0 aromatic carbocycles. The van der Waals surface area contributed by atoms with Gasteiger partial charge < -0.3 is 4.74 Å². The Morgan fingerprint density at radius 3 is 2.20 bits per heavy atom. The summed E-state index contributed by atoms with van der Waals surface area (Å²) in [6.07, 6.45) is 0.941. The normalized spacial score (nSPS) is 16.1. The second-order valence-electron chi connectivity index (χ2n) is 5.14. The van der Waals surface area contributed by atoms with E-state index in [4.69, 9.17) is 10.00 Å². The van der Waals surface area contributed by atoms with Gasteiger partial charge in [-0.05, 0) is 41.0 Å². The van der Waals surface area contributed by atoms with E-state index in [0.29, 0.717) is 6.61 Å². The van der Waals surface area contributed by atoms with Gasteiger partial charge in [-0.3, -0.25) is 5.32 Å². The van der Waals surface area contributed by atoms with Gasteiger partial charge >= 0.3 is 0 Å². The average Bonchev–Trinajstić information content (AvgIpc) is 2.14. The minimum atomic E-state index is -0.597. The standard InChI is InChI=1S/C12H24N2O/c1-7-11(4,5)15-9-12(6,8-13)14-10(2)3/h10,14H,7,9H2,1-6H3. The van der Waals surface area contributed by atoms with E-state index < -0.39 is 5.54 Å². The fraction of sp³-hybridized carbons (Fsp3) is 0.917. The zero-order chi connectivity index (χ0) is 12.1. The van der Waals surface area contributed by atoms with Crippen LogP contribution in [-0.4, -0.2) is 23.8 Å². The second kappa shape index (κ2) is 5.48. The Morgan fingerprint density at radius 1 is 1.33 bits per heavy atom. The molecule has 0 fully saturated rings. The zero-order valence-corrected chi connectivity index (χ0v) is 10.8. The molecule has 1 atom stereocenters. The number of ether oxygens (including phenoxy) is 1. The molecule has 0 saturated carbocycles. The topological polar surface area (TPSA) is 45.0 Å². The van der Waals surface area contributed by atoms with E-state index in [1.54, 1.807) is 0 Å². The molecule has 0 aliphatic carbocycles. The highest BCUT2D eigenvalue weighted by Gasteiger charge is 2.28. The van der Waals surface area contributed by atoms with Crippen molar-refractivity contribution in [2.45, 2.75) is 65.1 Å². The van der Waals surface area contributed by atoms with E-state index >= 15 is 0 Å². The van der Waals surface area contributed by atoms with Crippen LogP contribution in [0.15, 0.2) is 0 Å². The molecule has 15 heavy (non-hydrogen) atoms. The predicted molar refractivity (Wildman–Crippen MR) is 62.6 cm³/mol. The first-order chi connectivity index (χ1) is 6.74. The summed E-state index contributed by atoms with van der Waals surface area (Å²) in [5.74, 6) is 0. The molecule has 3 heteroatoms. The third kappa shape index (κ3) is 5.76. The molecule has 0 aromatic heterocycles. The SMILES string of the molecule is CCC(C)(C)OCC(C)(C#N)NC(C)C.